The molecule has 0 aromatic heterocycles. The topological polar surface area (TPSA) is 26.3 Å². The molecule has 0 heterocycles. The van der Waals surface area contributed by atoms with E-state index in [0.29, 0.717) is 17.6 Å². The number of hydrogen-bond acceptors (Lipinski definition) is 2. The summed E-state index contributed by atoms with van der Waals surface area (Å²) in [6.45, 7) is 3.05. The van der Waals surface area contributed by atoms with Gasteiger partial charge in [0.1, 0.15) is 5.78 Å². The highest BCUT2D eigenvalue weighted by atomic mass is 16.5. The lowest BCUT2D eigenvalue weighted by Crippen LogP contribution is -2.10. The van der Waals surface area contributed by atoms with E-state index in [0.717, 1.165) is 32.3 Å². The molecule has 0 radical (unpaired) electrons. The third-order valence-electron chi connectivity index (χ3n) is 2.87. The lowest BCUT2D eigenvalue weighted by molar-refractivity contribution is -0.117. The molecule has 1 fully saturated rings. The van der Waals surface area contributed by atoms with E-state index in [2.05, 4.69) is 6.92 Å². The summed E-state index contributed by atoms with van der Waals surface area (Å²) in [6, 6.07) is 0. The van der Waals surface area contributed by atoms with Gasteiger partial charge in [0, 0.05) is 26.6 Å². The molecule has 0 spiro atoms. The van der Waals surface area contributed by atoms with E-state index in [1.165, 1.54) is 0 Å². The average Bonchev–Trinajstić information content (AvgIpc) is 2.47. The zero-order valence-corrected chi connectivity index (χ0v) is 8.01. The Morgan fingerprint density at radius 2 is 2.42 bits per heavy atom. The van der Waals surface area contributed by atoms with Crippen molar-refractivity contribution < 1.29 is 9.53 Å². The van der Waals surface area contributed by atoms with Gasteiger partial charge in [-0.3, -0.25) is 4.79 Å². The van der Waals surface area contributed by atoms with Crippen LogP contribution in [0.3, 0.4) is 0 Å². The van der Waals surface area contributed by atoms with Gasteiger partial charge in [0.15, 0.2) is 0 Å². The fraction of sp³-hybridized carbons (Fsp3) is 0.900. The monoisotopic (exact) mass is 170 g/mol. The molecule has 2 heteroatoms. The van der Waals surface area contributed by atoms with Crippen molar-refractivity contribution in [3.8, 4) is 0 Å². The molecule has 0 N–H and O–H groups in total. The molecular weight excluding hydrogens is 152 g/mol. The summed E-state index contributed by atoms with van der Waals surface area (Å²) >= 11 is 0. The van der Waals surface area contributed by atoms with Crippen LogP contribution < -0.4 is 0 Å². The van der Waals surface area contributed by atoms with Gasteiger partial charge in [-0.15, -0.1) is 0 Å². The maximum absolute atomic E-state index is 11.0. The normalized spacial score (nSPS) is 26.2. The summed E-state index contributed by atoms with van der Waals surface area (Å²) in [5, 5.41) is 0. The minimum absolute atomic E-state index is 0.448. The van der Waals surface area contributed by atoms with Crippen molar-refractivity contribution in [3.63, 3.8) is 0 Å². The van der Waals surface area contributed by atoms with Crippen LogP contribution >= 0.6 is 0 Å². The lowest BCUT2D eigenvalue weighted by atomic mass is 9.90. The number of methoxy groups -OCH3 is 1. The minimum Gasteiger partial charge on any atom is -0.385 e. The molecule has 2 unspecified atom stereocenters. The van der Waals surface area contributed by atoms with E-state index < -0.39 is 0 Å². The van der Waals surface area contributed by atoms with Gasteiger partial charge >= 0.3 is 0 Å². The number of hydrogen-bond donors (Lipinski definition) is 0. The Labute approximate surface area is 74.3 Å². The maximum Gasteiger partial charge on any atom is 0.133 e. The first-order valence-electron chi connectivity index (χ1n) is 4.74. The molecule has 2 nitrogen and oxygen atoms in total. The van der Waals surface area contributed by atoms with Crippen LogP contribution in [0.5, 0.6) is 0 Å². The van der Waals surface area contributed by atoms with Crippen molar-refractivity contribution in [2.45, 2.75) is 32.6 Å². The second-order valence-electron chi connectivity index (χ2n) is 3.80. The second-order valence-corrected chi connectivity index (χ2v) is 3.80. The number of ketones is 1. The van der Waals surface area contributed by atoms with Crippen LogP contribution in [0.25, 0.3) is 0 Å². The van der Waals surface area contributed by atoms with Crippen molar-refractivity contribution in [2.75, 3.05) is 13.7 Å². The zero-order valence-electron chi connectivity index (χ0n) is 8.01. The molecule has 70 valence electrons. The van der Waals surface area contributed by atoms with Crippen LogP contribution in [0.2, 0.25) is 0 Å². The fourth-order valence-electron chi connectivity index (χ4n) is 1.87. The third kappa shape index (κ3) is 2.59. The largest absolute Gasteiger partial charge is 0.385 e. The van der Waals surface area contributed by atoms with Gasteiger partial charge in [-0.05, 0) is 24.7 Å². The molecule has 0 bridgehead atoms. The predicted molar refractivity (Wildman–Crippen MR) is 48.0 cm³/mol. The standard InChI is InChI=1S/C10H18O2/c1-8(5-6-12-2)9-3-4-10(11)7-9/h8-9H,3-7H2,1-2H3. The highest BCUT2D eigenvalue weighted by Crippen LogP contribution is 2.30. The number of Topliss-reactive ketones (excluding diaryl/α,β-unsaturated/α-hetero) is 1. The van der Waals surface area contributed by atoms with E-state index >= 15 is 0 Å². The molecule has 0 aromatic carbocycles. The number of ether oxygens (including phenoxy) is 1. The zero-order chi connectivity index (χ0) is 8.97. The van der Waals surface area contributed by atoms with Gasteiger partial charge in [-0.25, -0.2) is 0 Å². The number of carbonyl (C=O) groups excluding carboxylic acids is 1. The van der Waals surface area contributed by atoms with Gasteiger partial charge in [-0.1, -0.05) is 6.92 Å². The Bertz CT molecular complexity index is 154. The first-order valence-corrected chi connectivity index (χ1v) is 4.74. The lowest BCUT2D eigenvalue weighted by Gasteiger charge is -2.16. The van der Waals surface area contributed by atoms with Crippen LogP contribution in [0.4, 0.5) is 0 Å². The Balaban J connectivity index is 2.23. The van der Waals surface area contributed by atoms with E-state index in [1.807, 2.05) is 0 Å². The molecule has 1 saturated carbocycles. The van der Waals surface area contributed by atoms with Crippen LogP contribution in [0.1, 0.15) is 32.6 Å². The van der Waals surface area contributed by atoms with Crippen molar-refractivity contribution in [1.82, 2.24) is 0 Å². The second kappa shape index (κ2) is 4.61. The molecule has 2 atom stereocenters. The van der Waals surface area contributed by atoms with Gasteiger partial charge in [0.2, 0.25) is 0 Å². The SMILES string of the molecule is COCCC(C)C1CCC(=O)C1. The number of carbonyl (C=O) groups is 1. The first-order chi connectivity index (χ1) is 5.74. The average molecular weight is 170 g/mol. The molecular formula is C10H18O2. The van der Waals surface area contributed by atoms with Crippen molar-refractivity contribution in [3.05, 3.63) is 0 Å². The minimum atomic E-state index is 0.448. The molecule has 1 rings (SSSR count). The Hall–Kier alpha value is -0.370. The van der Waals surface area contributed by atoms with Crippen LogP contribution in [-0.2, 0) is 9.53 Å². The van der Waals surface area contributed by atoms with E-state index in [1.54, 1.807) is 7.11 Å². The molecule has 1 aliphatic carbocycles. The van der Waals surface area contributed by atoms with Crippen molar-refractivity contribution >= 4 is 5.78 Å². The summed E-state index contributed by atoms with van der Waals surface area (Å²) in [5.41, 5.74) is 0. The van der Waals surface area contributed by atoms with Gasteiger partial charge < -0.3 is 4.74 Å². The van der Waals surface area contributed by atoms with E-state index in [9.17, 15) is 4.79 Å². The molecule has 0 saturated heterocycles. The molecule has 0 amide bonds. The van der Waals surface area contributed by atoms with Crippen molar-refractivity contribution in [2.24, 2.45) is 11.8 Å². The smallest absolute Gasteiger partial charge is 0.133 e. The van der Waals surface area contributed by atoms with E-state index in [-0.39, 0.29) is 0 Å². The Morgan fingerprint density at radius 3 is 2.92 bits per heavy atom. The fourth-order valence-corrected chi connectivity index (χ4v) is 1.87. The summed E-state index contributed by atoms with van der Waals surface area (Å²) in [4.78, 5) is 11.0. The van der Waals surface area contributed by atoms with Gasteiger partial charge in [0.05, 0.1) is 0 Å². The maximum atomic E-state index is 11.0. The Kier molecular flexibility index (Phi) is 3.73. The Morgan fingerprint density at radius 1 is 1.67 bits per heavy atom. The highest BCUT2D eigenvalue weighted by molar-refractivity contribution is 5.80. The van der Waals surface area contributed by atoms with Crippen LogP contribution in [-0.4, -0.2) is 19.5 Å². The molecule has 12 heavy (non-hydrogen) atoms. The van der Waals surface area contributed by atoms with Crippen LogP contribution in [0.15, 0.2) is 0 Å². The molecule has 0 aromatic rings. The molecule has 1 aliphatic rings. The van der Waals surface area contributed by atoms with Gasteiger partial charge in [-0.2, -0.15) is 0 Å². The highest BCUT2D eigenvalue weighted by Gasteiger charge is 2.26. The van der Waals surface area contributed by atoms with E-state index in [4.69, 9.17) is 4.74 Å². The summed E-state index contributed by atoms with van der Waals surface area (Å²) in [7, 11) is 1.73. The summed E-state index contributed by atoms with van der Waals surface area (Å²) in [6.07, 6.45) is 3.81. The first kappa shape index (κ1) is 9.72. The predicted octanol–water partition coefficient (Wildman–Crippen LogP) is 2.03. The van der Waals surface area contributed by atoms with Crippen molar-refractivity contribution in [1.29, 1.82) is 0 Å². The third-order valence-corrected chi connectivity index (χ3v) is 2.87. The summed E-state index contributed by atoms with van der Waals surface area (Å²) < 4.78 is 5.01. The number of rotatable bonds is 4. The van der Waals surface area contributed by atoms with Gasteiger partial charge in [0.25, 0.3) is 0 Å². The molecule has 0 aliphatic heterocycles. The van der Waals surface area contributed by atoms with Crippen LogP contribution in [0, 0.1) is 11.8 Å². The summed E-state index contributed by atoms with van der Waals surface area (Å²) in [5.74, 6) is 1.73. The quantitative estimate of drug-likeness (QED) is 0.645.